The minimum atomic E-state index is -1.05. The predicted molar refractivity (Wildman–Crippen MR) is 79.0 cm³/mol. The fourth-order valence-electron chi connectivity index (χ4n) is 1.65. The molecule has 1 aromatic carbocycles. The maximum absolute atomic E-state index is 13.1. The first kappa shape index (κ1) is 14.9. The molecule has 8 heteroatoms. The van der Waals surface area contributed by atoms with Crippen LogP contribution in [0.25, 0.3) is 10.8 Å². The van der Waals surface area contributed by atoms with Crippen LogP contribution in [0.4, 0.5) is 8.78 Å². The van der Waals surface area contributed by atoms with E-state index in [0.29, 0.717) is 5.89 Å². The second kappa shape index (κ2) is 6.37. The molecular weight excluding hydrogens is 330 g/mol. The van der Waals surface area contributed by atoms with Crippen LogP contribution in [0, 0.1) is 11.6 Å². The quantitative estimate of drug-likeness (QED) is 0.519. The smallest absolute Gasteiger partial charge is 0.277 e. The van der Waals surface area contributed by atoms with Crippen molar-refractivity contribution in [1.82, 2.24) is 10.2 Å². The molecule has 0 radical (unpaired) electrons. The second-order valence-corrected chi connectivity index (χ2v) is 6.07. The molecule has 0 saturated carbocycles. The topological polar surface area (TPSA) is 56.0 Å². The van der Waals surface area contributed by atoms with E-state index in [1.165, 1.54) is 17.4 Å². The average Bonchev–Trinajstić information content (AvgIpc) is 3.18. The van der Waals surface area contributed by atoms with Crippen LogP contribution in [0.3, 0.4) is 0 Å². The van der Waals surface area contributed by atoms with E-state index in [2.05, 4.69) is 10.2 Å². The van der Waals surface area contributed by atoms with Gasteiger partial charge in [-0.3, -0.25) is 4.79 Å². The minimum absolute atomic E-state index is 0.00283. The van der Waals surface area contributed by atoms with E-state index < -0.39 is 11.6 Å². The Hall–Kier alpha value is -2.06. The third-order valence-corrected chi connectivity index (χ3v) is 4.38. The number of benzene rings is 1. The van der Waals surface area contributed by atoms with Crippen molar-refractivity contribution in [3.05, 3.63) is 52.9 Å². The Morgan fingerprint density at radius 2 is 2.09 bits per heavy atom. The third-order valence-electron chi connectivity index (χ3n) is 2.71. The van der Waals surface area contributed by atoms with Gasteiger partial charge >= 0.3 is 0 Å². The molecule has 4 nitrogen and oxygen atoms in total. The highest BCUT2D eigenvalue weighted by Crippen LogP contribution is 2.26. The number of ketones is 1. The maximum atomic E-state index is 13.1. The van der Waals surface area contributed by atoms with E-state index in [1.54, 1.807) is 0 Å². The number of rotatable bonds is 5. The minimum Gasteiger partial charge on any atom is -0.410 e. The Morgan fingerprint density at radius 3 is 2.82 bits per heavy atom. The molecule has 0 unspecified atom stereocenters. The van der Waals surface area contributed by atoms with Crippen molar-refractivity contribution in [3.8, 4) is 10.8 Å². The van der Waals surface area contributed by atoms with E-state index in [9.17, 15) is 13.6 Å². The molecule has 0 atom stereocenters. The number of aromatic nitrogens is 2. The van der Waals surface area contributed by atoms with Gasteiger partial charge in [-0.25, -0.2) is 8.78 Å². The molecule has 0 spiro atoms. The summed E-state index contributed by atoms with van der Waals surface area (Å²) < 4.78 is 31.3. The summed E-state index contributed by atoms with van der Waals surface area (Å²) in [4.78, 5) is 12.8. The van der Waals surface area contributed by atoms with Gasteiger partial charge in [0.2, 0.25) is 0 Å². The molecule has 0 aliphatic heterocycles. The van der Waals surface area contributed by atoms with Crippen molar-refractivity contribution < 1.29 is 18.0 Å². The van der Waals surface area contributed by atoms with Crippen molar-refractivity contribution in [2.45, 2.75) is 5.22 Å². The molecule has 22 heavy (non-hydrogen) atoms. The van der Waals surface area contributed by atoms with Crippen molar-refractivity contribution in [3.63, 3.8) is 0 Å². The summed E-state index contributed by atoms with van der Waals surface area (Å²) in [5.74, 6) is -2.00. The van der Waals surface area contributed by atoms with Crippen molar-refractivity contribution >= 4 is 28.9 Å². The van der Waals surface area contributed by atoms with Crippen LogP contribution in [0.2, 0.25) is 0 Å². The molecular formula is C14H8F2N2O2S2. The van der Waals surface area contributed by atoms with Crippen LogP contribution < -0.4 is 0 Å². The van der Waals surface area contributed by atoms with Gasteiger partial charge in [-0.15, -0.1) is 21.5 Å². The van der Waals surface area contributed by atoms with E-state index in [4.69, 9.17) is 4.42 Å². The first-order chi connectivity index (χ1) is 10.6. The number of hydrogen-bond donors (Lipinski definition) is 0. The van der Waals surface area contributed by atoms with Gasteiger partial charge in [0.25, 0.3) is 11.1 Å². The van der Waals surface area contributed by atoms with Gasteiger partial charge in [0.05, 0.1) is 10.6 Å². The van der Waals surface area contributed by atoms with Gasteiger partial charge in [0.1, 0.15) is 0 Å². The lowest BCUT2D eigenvalue weighted by Crippen LogP contribution is -2.03. The standard InChI is InChI=1S/C14H8F2N2O2S2/c15-9-4-3-8(6-10(9)16)11(19)7-22-14-18-17-13(20-14)12-2-1-5-21-12/h1-6H,7H2. The van der Waals surface area contributed by atoms with Crippen molar-refractivity contribution in [2.24, 2.45) is 0 Å². The van der Waals surface area contributed by atoms with Crippen LogP contribution >= 0.6 is 23.1 Å². The number of nitrogens with zero attached hydrogens (tertiary/aromatic N) is 2. The van der Waals surface area contributed by atoms with Gasteiger partial charge in [-0.05, 0) is 29.6 Å². The molecule has 0 aliphatic carbocycles. The van der Waals surface area contributed by atoms with Gasteiger partial charge in [-0.1, -0.05) is 17.8 Å². The second-order valence-electron chi connectivity index (χ2n) is 4.19. The van der Waals surface area contributed by atoms with Gasteiger partial charge in [0, 0.05) is 5.56 Å². The summed E-state index contributed by atoms with van der Waals surface area (Å²) in [6, 6.07) is 6.76. The van der Waals surface area contributed by atoms with E-state index in [-0.39, 0.29) is 22.3 Å². The maximum Gasteiger partial charge on any atom is 0.277 e. The number of hydrogen-bond acceptors (Lipinski definition) is 6. The molecule has 3 aromatic rings. The molecule has 3 rings (SSSR count). The van der Waals surface area contributed by atoms with Crippen LogP contribution in [0.5, 0.6) is 0 Å². The van der Waals surface area contributed by atoms with Gasteiger partial charge in [0.15, 0.2) is 17.4 Å². The highest BCUT2D eigenvalue weighted by Gasteiger charge is 2.14. The summed E-state index contributed by atoms with van der Waals surface area (Å²) in [5, 5.41) is 9.86. The first-order valence-electron chi connectivity index (χ1n) is 6.12. The largest absolute Gasteiger partial charge is 0.410 e. The summed E-state index contributed by atoms with van der Waals surface area (Å²) in [6.07, 6.45) is 0. The number of thiophene rings is 1. The lowest BCUT2D eigenvalue weighted by Gasteiger charge is -1.99. The molecule has 0 amide bonds. The number of carbonyl (C=O) groups is 1. The average molecular weight is 338 g/mol. The Morgan fingerprint density at radius 1 is 1.23 bits per heavy atom. The fourth-order valence-corrected chi connectivity index (χ4v) is 2.95. The molecule has 0 bridgehead atoms. The lowest BCUT2D eigenvalue weighted by atomic mass is 10.1. The number of halogens is 2. The van der Waals surface area contributed by atoms with Crippen LogP contribution in [-0.4, -0.2) is 21.7 Å². The van der Waals surface area contributed by atoms with Crippen molar-refractivity contribution in [1.29, 1.82) is 0 Å². The Bertz CT molecular complexity index is 803. The molecule has 0 N–H and O–H groups in total. The van der Waals surface area contributed by atoms with E-state index >= 15 is 0 Å². The number of carbonyl (C=O) groups excluding carboxylic acids is 1. The molecule has 2 heterocycles. The van der Waals surface area contributed by atoms with Gasteiger partial charge in [-0.2, -0.15) is 0 Å². The molecule has 0 fully saturated rings. The molecule has 0 saturated heterocycles. The normalized spacial score (nSPS) is 10.8. The number of thioether (sulfide) groups is 1. The Balaban J connectivity index is 1.65. The lowest BCUT2D eigenvalue weighted by molar-refractivity contribution is 0.102. The summed E-state index contributed by atoms with van der Waals surface area (Å²) in [5.41, 5.74) is 0.101. The van der Waals surface area contributed by atoms with E-state index in [1.807, 2.05) is 17.5 Å². The summed E-state index contributed by atoms with van der Waals surface area (Å²) >= 11 is 2.51. The zero-order chi connectivity index (χ0) is 15.5. The molecule has 0 aliphatic rings. The third kappa shape index (κ3) is 3.23. The van der Waals surface area contributed by atoms with Gasteiger partial charge < -0.3 is 4.42 Å². The van der Waals surface area contributed by atoms with E-state index in [0.717, 1.165) is 28.8 Å². The van der Waals surface area contributed by atoms with Crippen molar-refractivity contribution in [2.75, 3.05) is 5.75 Å². The predicted octanol–water partition coefficient (Wildman–Crippen LogP) is 4.05. The van der Waals surface area contributed by atoms with Crippen LogP contribution in [0.15, 0.2) is 45.4 Å². The van der Waals surface area contributed by atoms with Crippen LogP contribution in [-0.2, 0) is 0 Å². The number of Topliss-reactive ketones (excluding diaryl/α,β-unsaturated/α-hetero) is 1. The SMILES string of the molecule is O=C(CSc1nnc(-c2cccs2)o1)c1ccc(F)c(F)c1. The monoisotopic (exact) mass is 338 g/mol. The fraction of sp³-hybridized carbons (Fsp3) is 0.0714. The molecule has 2 aromatic heterocycles. The zero-order valence-electron chi connectivity index (χ0n) is 11.0. The Kier molecular flexibility index (Phi) is 4.30. The Labute approximate surface area is 132 Å². The summed E-state index contributed by atoms with van der Waals surface area (Å²) in [7, 11) is 0. The molecule has 112 valence electrons. The highest BCUT2D eigenvalue weighted by molar-refractivity contribution is 7.99. The first-order valence-corrected chi connectivity index (χ1v) is 7.98. The highest BCUT2D eigenvalue weighted by atomic mass is 32.2. The zero-order valence-corrected chi connectivity index (χ0v) is 12.6. The van der Waals surface area contributed by atoms with Crippen LogP contribution in [0.1, 0.15) is 10.4 Å². The summed E-state index contributed by atoms with van der Waals surface area (Å²) in [6.45, 7) is 0.